The molecule has 0 heterocycles. The van der Waals surface area contributed by atoms with Crippen LogP contribution in [0.1, 0.15) is 41.0 Å². The lowest BCUT2D eigenvalue weighted by Gasteiger charge is -2.22. The molecule has 4 heteroatoms. The lowest BCUT2D eigenvalue weighted by Crippen LogP contribution is -2.38. The molecule has 0 saturated carbocycles. The zero-order valence-corrected chi connectivity index (χ0v) is 10.3. The van der Waals surface area contributed by atoms with Crippen LogP contribution in [-0.2, 0) is 4.74 Å². The van der Waals surface area contributed by atoms with E-state index in [4.69, 9.17) is 9.84 Å². The third-order valence-electron chi connectivity index (χ3n) is 1.83. The molecule has 1 amide bonds. The quantitative estimate of drug-likeness (QED) is 0.756. The molecule has 2 N–H and O–H groups in total. The van der Waals surface area contributed by atoms with Gasteiger partial charge in [-0.2, -0.15) is 0 Å². The van der Waals surface area contributed by atoms with Crippen molar-refractivity contribution in [3.63, 3.8) is 0 Å². The summed E-state index contributed by atoms with van der Waals surface area (Å²) < 4.78 is 5.11. The Morgan fingerprint density at radius 3 is 2.33 bits per heavy atom. The van der Waals surface area contributed by atoms with Gasteiger partial charge in [0.1, 0.15) is 5.60 Å². The Balaban J connectivity index is 3.87. The summed E-state index contributed by atoms with van der Waals surface area (Å²) >= 11 is 0. The molecule has 4 nitrogen and oxygen atoms in total. The number of hydrogen-bond acceptors (Lipinski definition) is 3. The molecule has 0 rings (SSSR count). The van der Waals surface area contributed by atoms with Crippen LogP contribution in [0.2, 0.25) is 0 Å². The SMILES string of the molecule is CC(CO)CC(C)NC(=O)OC(C)(C)C. The standard InChI is InChI=1S/C11H23NO3/c1-8(7-13)6-9(2)12-10(14)15-11(3,4)5/h8-9,13H,6-7H2,1-5H3,(H,12,14). The maximum absolute atomic E-state index is 11.3. The number of aliphatic hydroxyl groups excluding tert-OH is 1. The average molecular weight is 217 g/mol. The monoisotopic (exact) mass is 217 g/mol. The molecular formula is C11H23NO3. The van der Waals surface area contributed by atoms with Gasteiger partial charge in [-0.3, -0.25) is 0 Å². The van der Waals surface area contributed by atoms with Gasteiger partial charge in [0.2, 0.25) is 0 Å². The molecule has 15 heavy (non-hydrogen) atoms. The van der Waals surface area contributed by atoms with Gasteiger partial charge in [-0.05, 0) is 40.0 Å². The number of carbonyl (C=O) groups is 1. The van der Waals surface area contributed by atoms with Crippen LogP contribution in [0.4, 0.5) is 4.79 Å². The molecule has 0 spiro atoms. The Kier molecular flexibility index (Phi) is 5.65. The second-order valence-electron chi connectivity index (χ2n) is 5.07. The van der Waals surface area contributed by atoms with E-state index in [0.29, 0.717) is 0 Å². The number of hydrogen-bond donors (Lipinski definition) is 2. The van der Waals surface area contributed by atoms with Crippen LogP contribution in [0.5, 0.6) is 0 Å². The first-order valence-corrected chi connectivity index (χ1v) is 5.35. The predicted molar refractivity (Wildman–Crippen MR) is 59.7 cm³/mol. The number of amides is 1. The topological polar surface area (TPSA) is 58.6 Å². The molecule has 0 bridgehead atoms. The van der Waals surface area contributed by atoms with E-state index in [1.54, 1.807) is 0 Å². The van der Waals surface area contributed by atoms with E-state index in [9.17, 15) is 4.79 Å². The maximum atomic E-state index is 11.3. The van der Waals surface area contributed by atoms with Gasteiger partial charge in [0, 0.05) is 12.6 Å². The van der Waals surface area contributed by atoms with Gasteiger partial charge in [-0.25, -0.2) is 4.79 Å². The summed E-state index contributed by atoms with van der Waals surface area (Å²) in [7, 11) is 0. The molecular weight excluding hydrogens is 194 g/mol. The van der Waals surface area contributed by atoms with Gasteiger partial charge in [-0.1, -0.05) is 6.92 Å². The minimum absolute atomic E-state index is 0.0157. The molecule has 0 aromatic heterocycles. The average Bonchev–Trinajstić information content (AvgIpc) is 1.99. The highest BCUT2D eigenvalue weighted by molar-refractivity contribution is 5.67. The van der Waals surface area contributed by atoms with Gasteiger partial charge in [0.25, 0.3) is 0 Å². The molecule has 0 aromatic carbocycles. The normalized spacial score (nSPS) is 15.6. The van der Waals surface area contributed by atoms with Gasteiger partial charge >= 0.3 is 6.09 Å². The first-order chi connectivity index (χ1) is 6.74. The van der Waals surface area contributed by atoms with E-state index in [1.807, 2.05) is 34.6 Å². The van der Waals surface area contributed by atoms with Crippen molar-refractivity contribution < 1.29 is 14.6 Å². The summed E-state index contributed by atoms with van der Waals surface area (Å²) in [6.07, 6.45) is 0.343. The zero-order chi connectivity index (χ0) is 12.1. The smallest absolute Gasteiger partial charge is 0.407 e. The van der Waals surface area contributed by atoms with Crippen LogP contribution in [0.25, 0.3) is 0 Å². The van der Waals surface area contributed by atoms with Gasteiger partial charge in [-0.15, -0.1) is 0 Å². The molecule has 2 atom stereocenters. The third-order valence-corrected chi connectivity index (χ3v) is 1.83. The molecule has 0 aromatic rings. The highest BCUT2D eigenvalue weighted by Crippen LogP contribution is 2.08. The number of nitrogens with one attached hydrogen (secondary N) is 1. The van der Waals surface area contributed by atoms with Crippen molar-refractivity contribution in [2.75, 3.05) is 6.61 Å². The van der Waals surface area contributed by atoms with Crippen molar-refractivity contribution in [3.8, 4) is 0 Å². The second kappa shape index (κ2) is 5.95. The third kappa shape index (κ3) is 8.24. The summed E-state index contributed by atoms with van der Waals surface area (Å²) in [6, 6.07) is 0.0157. The maximum Gasteiger partial charge on any atom is 0.407 e. The van der Waals surface area contributed by atoms with Crippen LogP contribution >= 0.6 is 0 Å². The molecule has 0 aliphatic heterocycles. The molecule has 0 saturated heterocycles. The fourth-order valence-corrected chi connectivity index (χ4v) is 1.25. The van der Waals surface area contributed by atoms with Crippen molar-refractivity contribution in [2.24, 2.45) is 5.92 Å². The molecule has 2 unspecified atom stereocenters. The highest BCUT2D eigenvalue weighted by Gasteiger charge is 2.18. The number of aliphatic hydroxyl groups is 1. The van der Waals surface area contributed by atoms with Crippen LogP contribution in [0, 0.1) is 5.92 Å². The minimum Gasteiger partial charge on any atom is -0.444 e. The van der Waals surface area contributed by atoms with E-state index in [2.05, 4.69) is 5.32 Å². The lowest BCUT2D eigenvalue weighted by atomic mass is 10.0. The van der Waals surface area contributed by atoms with Gasteiger partial charge in [0.05, 0.1) is 0 Å². The Labute approximate surface area is 92.0 Å². The van der Waals surface area contributed by atoms with Crippen LogP contribution in [0.15, 0.2) is 0 Å². The summed E-state index contributed by atoms with van der Waals surface area (Å²) in [5.41, 5.74) is -0.466. The van der Waals surface area contributed by atoms with Crippen LogP contribution < -0.4 is 5.32 Å². The Morgan fingerprint density at radius 2 is 1.93 bits per heavy atom. The number of rotatable bonds is 4. The first-order valence-electron chi connectivity index (χ1n) is 5.35. The van der Waals surface area contributed by atoms with Gasteiger partial charge < -0.3 is 15.2 Å². The van der Waals surface area contributed by atoms with E-state index in [1.165, 1.54) is 0 Å². The highest BCUT2D eigenvalue weighted by atomic mass is 16.6. The molecule has 0 aliphatic carbocycles. The minimum atomic E-state index is -0.466. The zero-order valence-electron chi connectivity index (χ0n) is 10.3. The second-order valence-corrected chi connectivity index (χ2v) is 5.07. The van der Waals surface area contributed by atoms with Gasteiger partial charge in [0.15, 0.2) is 0 Å². The molecule has 0 aliphatic rings. The summed E-state index contributed by atoms with van der Waals surface area (Å²) in [5, 5.41) is 11.6. The fraction of sp³-hybridized carbons (Fsp3) is 0.909. The molecule has 0 fully saturated rings. The van der Waals surface area contributed by atoms with Crippen molar-refractivity contribution in [3.05, 3.63) is 0 Å². The fourth-order valence-electron chi connectivity index (χ4n) is 1.25. The van der Waals surface area contributed by atoms with Crippen molar-refractivity contribution in [1.29, 1.82) is 0 Å². The Bertz CT molecular complexity index is 198. The lowest BCUT2D eigenvalue weighted by molar-refractivity contribution is 0.0499. The Hall–Kier alpha value is -0.770. The van der Waals surface area contributed by atoms with E-state index in [0.717, 1.165) is 6.42 Å². The molecule has 0 radical (unpaired) electrons. The Morgan fingerprint density at radius 1 is 1.40 bits per heavy atom. The largest absolute Gasteiger partial charge is 0.444 e. The summed E-state index contributed by atoms with van der Waals surface area (Å²) in [6.45, 7) is 9.46. The van der Waals surface area contributed by atoms with Crippen molar-refractivity contribution >= 4 is 6.09 Å². The van der Waals surface area contributed by atoms with E-state index in [-0.39, 0.29) is 18.6 Å². The van der Waals surface area contributed by atoms with E-state index >= 15 is 0 Å². The van der Waals surface area contributed by atoms with Crippen LogP contribution in [0.3, 0.4) is 0 Å². The number of carbonyl (C=O) groups excluding carboxylic acids is 1. The van der Waals surface area contributed by atoms with Crippen LogP contribution in [-0.4, -0.2) is 29.4 Å². The first kappa shape index (κ1) is 14.2. The molecule has 90 valence electrons. The summed E-state index contributed by atoms with van der Waals surface area (Å²) in [4.78, 5) is 11.3. The summed E-state index contributed by atoms with van der Waals surface area (Å²) in [5.74, 6) is 0.190. The van der Waals surface area contributed by atoms with E-state index < -0.39 is 11.7 Å². The van der Waals surface area contributed by atoms with Crippen molar-refractivity contribution in [2.45, 2.75) is 52.7 Å². The predicted octanol–water partition coefficient (Wildman–Crippen LogP) is 1.92. The number of ether oxygens (including phenoxy) is 1. The van der Waals surface area contributed by atoms with Crippen molar-refractivity contribution in [1.82, 2.24) is 5.32 Å². The number of alkyl carbamates (subject to hydrolysis) is 1.